The van der Waals surface area contributed by atoms with E-state index >= 15 is 0 Å². The van der Waals surface area contributed by atoms with E-state index in [0.29, 0.717) is 25.7 Å². The molecule has 0 aliphatic heterocycles. The molecule has 0 amide bonds. The molecule has 0 rings (SSSR count). The molecule has 0 saturated heterocycles. The zero-order valence-electron chi connectivity index (χ0n) is 21.3. The van der Waals surface area contributed by atoms with Crippen LogP contribution in [0.3, 0.4) is 0 Å². The van der Waals surface area contributed by atoms with Crippen LogP contribution in [-0.4, -0.2) is 0 Å². The fraction of sp³-hybridized carbons (Fsp3) is 0.714. The van der Waals surface area contributed by atoms with Crippen molar-refractivity contribution in [3.8, 4) is 48.6 Å². The molecule has 0 radical (unpaired) electrons. The molecule has 0 saturated carbocycles. The van der Waals surface area contributed by atoms with E-state index in [9.17, 15) is 36.8 Å². The predicted molar refractivity (Wildman–Crippen MR) is 130 cm³/mol. The van der Waals surface area contributed by atoms with Gasteiger partial charge in [-0.1, -0.05) is 20.3 Å². The third-order valence-electron chi connectivity index (χ3n) is 6.57. The molecule has 0 aliphatic carbocycles. The average Bonchev–Trinajstić information content (AvgIpc) is 2.91. The molecule has 8 unspecified atom stereocenters. The topological polar surface area (TPSA) is 190 Å². The first-order valence-corrected chi connectivity index (χ1v) is 12.5. The lowest BCUT2D eigenvalue weighted by Crippen LogP contribution is -2.17. The fourth-order valence-electron chi connectivity index (χ4n) is 4.51. The van der Waals surface area contributed by atoms with Crippen LogP contribution in [0.15, 0.2) is 0 Å². The van der Waals surface area contributed by atoms with E-state index in [1.54, 1.807) is 0 Å². The number of hydrogen-bond acceptors (Lipinski definition) is 8. The SMILES string of the molecule is CCCC(C#N)CC(C#N)CC(C#N)CC(C#N)CC(C#N)CC(C#N)CC(C#N)CC(C#N)CC. The molecule has 0 N–H and O–H groups in total. The van der Waals surface area contributed by atoms with E-state index < -0.39 is 35.5 Å². The van der Waals surface area contributed by atoms with E-state index in [-0.39, 0.29) is 43.9 Å². The van der Waals surface area contributed by atoms with Crippen LogP contribution in [0.4, 0.5) is 0 Å². The van der Waals surface area contributed by atoms with E-state index in [1.807, 2.05) is 13.8 Å². The van der Waals surface area contributed by atoms with Crippen LogP contribution in [0.1, 0.15) is 78.1 Å². The monoisotopic (exact) mass is 482 g/mol. The van der Waals surface area contributed by atoms with Crippen molar-refractivity contribution < 1.29 is 0 Å². The van der Waals surface area contributed by atoms with Gasteiger partial charge >= 0.3 is 0 Å². The van der Waals surface area contributed by atoms with Crippen LogP contribution in [0.2, 0.25) is 0 Å². The second kappa shape index (κ2) is 19.2. The average molecular weight is 483 g/mol. The van der Waals surface area contributed by atoms with Crippen molar-refractivity contribution in [2.24, 2.45) is 47.3 Å². The summed E-state index contributed by atoms with van der Waals surface area (Å²) in [6.07, 6.45) is 4.09. The molecule has 0 bridgehead atoms. The molecular weight excluding hydrogens is 448 g/mol. The largest absolute Gasteiger partial charge is 0.198 e. The Balaban J connectivity index is 5.16. The van der Waals surface area contributed by atoms with Gasteiger partial charge in [-0.15, -0.1) is 0 Å². The van der Waals surface area contributed by atoms with Gasteiger partial charge in [0.1, 0.15) is 0 Å². The third-order valence-corrected chi connectivity index (χ3v) is 6.57. The minimum absolute atomic E-state index is 0.199. The summed E-state index contributed by atoms with van der Waals surface area (Å²) in [5, 5.41) is 76.0. The molecule has 8 atom stereocenters. The van der Waals surface area contributed by atoms with Gasteiger partial charge in [0.2, 0.25) is 0 Å². The van der Waals surface area contributed by atoms with Crippen LogP contribution in [0.25, 0.3) is 0 Å². The van der Waals surface area contributed by atoms with Gasteiger partial charge in [-0.25, -0.2) is 0 Å². The quantitative estimate of drug-likeness (QED) is 0.239. The van der Waals surface area contributed by atoms with Crippen molar-refractivity contribution in [3.63, 3.8) is 0 Å². The zero-order chi connectivity index (χ0) is 27.3. The molecule has 186 valence electrons. The second-order valence-electron chi connectivity index (χ2n) is 9.46. The Labute approximate surface area is 216 Å². The van der Waals surface area contributed by atoms with E-state index in [2.05, 4.69) is 48.6 Å². The van der Waals surface area contributed by atoms with Gasteiger partial charge in [-0.3, -0.25) is 0 Å². The minimum atomic E-state index is -0.588. The highest BCUT2D eigenvalue weighted by molar-refractivity contribution is 5.02. The van der Waals surface area contributed by atoms with E-state index in [4.69, 9.17) is 5.26 Å². The first-order chi connectivity index (χ1) is 17.4. The van der Waals surface area contributed by atoms with E-state index in [0.717, 1.165) is 6.42 Å². The minimum Gasteiger partial charge on any atom is -0.198 e. The highest BCUT2D eigenvalue weighted by atomic mass is 14.4. The van der Waals surface area contributed by atoms with Crippen LogP contribution < -0.4 is 0 Å². The summed E-state index contributed by atoms with van der Waals surface area (Å²) in [6.45, 7) is 3.84. The summed E-state index contributed by atoms with van der Waals surface area (Å²) in [5.74, 6) is -3.68. The summed E-state index contributed by atoms with van der Waals surface area (Å²) in [7, 11) is 0. The van der Waals surface area contributed by atoms with Gasteiger partial charge in [0.15, 0.2) is 0 Å². The summed E-state index contributed by atoms with van der Waals surface area (Å²) >= 11 is 0. The zero-order valence-corrected chi connectivity index (χ0v) is 21.3. The van der Waals surface area contributed by atoms with Gasteiger partial charge < -0.3 is 0 Å². The maximum absolute atomic E-state index is 9.67. The summed E-state index contributed by atoms with van der Waals surface area (Å²) in [4.78, 5) is 0. The lowest BCUT2D eigenvalue weighted by atomic mass is 9.79. The normalized spacial score (nSPS) is 16.6. The molecule has 0 aromatic heterocycles. The summed E-state index contributed by atoms with van der Waals surface area (Å²) in [5.41, 5.74) is 0. The maximum Gasteiger partial charge on any atom is 0.0656 e. The molecule has 0 spiro atoms. The predicted octanol–water partition coefficient (Wildman–Crippen LogP) is 6.05. The summed E-state index contributed by atoms with van der Waals surface area (Å²) in [6, 6.07) is 17.4. The Morgan fingerprint density at radius 3 is 0.778 bits per heavy atom. The second-order valence-corrected chi connectivity index (χ2v) is 9.46. The first-order valence-electron chi connectivity index (χ1n) is 12.5. The number of nitriles is 8. The number of hydrogen-bond donors (Lipinski definition) is 0. The molecule has 8 nitrogen and oxygen atoms in total. The van der Waals surface area contributed by atoms with Crippen LogP contribution >= 0.6 is 0 Å². The van der Waals surface area contributed by atoms with Crippen molar-refractivity contribution in [2.75, 3.05) is 0 Å². The highest BCUT2D eigenvalue weighted by Gasteiger charge is 2.27. The van der Waals surface area contributed by atoms with Crippen LogP contribution in [0.5, 0.6) is 0 Å². The third kappa shape index (κ3) is 12.4. The maximum atomic E-state index is 9.67. The van der Waals surface area contributed by atoms with Gasteiger partial charge in [0.05, 0.1) is 48.6 Å². The lowest BCUT2D eigenvalue weighted by molar-refractivity contribution is 0.335. The van der Waals surface area contributed by atoms with Gasteiger partial charge in [0, 0.05) is 47.3 Å². The van der Waals surface area contributed by atoms with Crippen molar-refractivity contribution in [1.29, 1.82) is 42.1 Å². The Hall–Kier alpha value is -4.08. The standard InChI is InChI=1S/C28H34N8/c1-3-5-22(14-30)7-24(16-32)9-26(18-34)11-28(20-36)12-27(19-35)10-25(17-33)8-23(15-31)6-21(4-2)13-29/h21-28H,3-12H2,1-2H3. The first kappa shape index (κ1) is 31.9. The number of nitrogens with zero attached hydrogens (tertiary/aromatic N) is 8. The highest BCUT2D eigenvalue weighted by Crippen LogP contribution is 2.31. The van der Waals surface area contributed by atoms with Crippen LogP contribution in [-0.2, 0) is 0 Å². The molecule has 8 heteroatoms. The molecular formula is C28H34N8. The van der Waals surface area contributed by atoms with Crippen molar-refractivity contribution in [1.82, 2.24) is 0 Å². The molecule has 0 fully saturated rings. The molecule has 36 heavy (non-hydrogen) atoms. The molecule has 0 aromatic carbocycles. The lowest BCUT2D eigenvalue weighted by Gasteiger charge is -2.21. The molecule has 0 heterocycles. The van der Waals surface area contributed by atoms with Crippen molar-refractivity contribution >= 4 is 0 Å². The van der Waals surface area contributed by atoms with Gasteiger partial charge in [0.25, 0.3) is 0 Å². The van der Waals surface area contributed by atoms with Crippen LogP contribution in [0, 0.1) is 138 Å². The van der Waals surface area contributed by atoms with E-state index in [1.165, 1.54) is 0 Å². The summed E-state index contributed by atoms with van der Waals surface area (Å²) < 4.78 is 0. The number of rotatable bonds is 17. The van der Waals surface area contributed by atoms with Crippen molar-refractivity contribution in [2.45, 2.75) is 78.1 Å². The molecule has 0 aliphatic rings. The van der Waals surface area contributed by atoms with Gasteiger partial charge in [-0.2, -0.15) is 42.1 Å². The van der Waals surface area contributed by atoms with Gasteiger partial charge in [-0.05, 0) is 57.8 Å². The molecule has 0 aromatic rings. The smallest absolute Gasteiger partial charge is 0.0656 e. The Morgan fingerprint density at radius 1 is 0.361 bits per heavy atom. The Bertz CT molecular complexity index is 994. The Morgan fingerprint density at radius 2 is 0.583 bits per heavy atom. The van der Waals surface area contributed by atoms with Crippen molar-refractivity contribution in [3.05, 3.63) is 0 Å². The Kier molecular flexibility index (Phi) is 17.1. The fourth-order valence-corrected chi connectivity index (χ4v) is 4.51.